The van der Waals surface area contributed by atoms with Gasteiger partial charge < -0.3 is 5.11 Å². The third kappa shape index (κ3) is 1.46. The largest absolute Gasteiger partial charge is 0.493 e. The van der Waals surface area contributed by atoms with Gasteiger partial charge in [-0.1, -0.05) is 0 Å². The van der Waals surface area contributed by atoms with Crippen molar-refractivity contribution in [3.05, 3.63) is 18.3 Å². The second kappa shape index (κ2) is 2.92. The first-order chi connectivity index (χ1) is 6.81. The summed E-state index contributed by atoms with van der Waals surface area (Å²) in [5.41, 5.74) is 1.47. The molecule has 0 radical (unpaired) electrons. The monoisotopic (exact) mass is 207 g/mol. The summed E-state index contributed by atoms with van der Waals surface area (Å²) >= 11 is 0. The number of nitrogens with zero attached hydrogens (tertiary/aromatic N) is 3. The molecule has 0 spiro atoms. The molecule has 5 heteroatoms. The Morgan fingerprint density at radius 1 is 1.43 bits per heavy atom. The van der Waals surface area contributed by atoms with E-state index in [0.717, 1.165) is 19.8 Å². The van der Waals surface area contributed by atoms with Gasteiger partial charge >= 0.3 is 0 Å². The van der Waals surface area contributed by atoms with Crippen LogP contribution in [0.25, 0.3) is 11.0 Å². The van der Waals surface area contributed by atoms with Crippen molar-refractivity contribution in [2.24, 2.45) is 0 Å². The Morgan fingerprint density at radius 3 is 3.07 bits per heavy atom. The molecule has 2 aromatic heterocycles. The predicted molar refractivity (Wildman–Crippen MR) is 55.9 cm³/mol. The number of aromatic hydroxyl groups is 1. The lowest BCUT2D eigenvalue weighted by atomic mass is 10.4. The molecule has 1 unspecified atom stereocenters. The summed E-state index contributed by atoms with van der Waals surface area (Å²) in [7, 11) is 0.736. The minimum atomic E-state index is 0.0394. The van der Waals surface area contributed by atoms with E-state index in [-0.39, 0.29) is 5.88 Å². The molecule has 1 saturated carbocycles. The Kier molecular flexibility index (Phi) is 1.71. The van der Waals surface area contributed by atoms with Gasteiger partial charge in [0, 0.05) is 26.4 Å². The summed E-state index contributed by atoms with van der Waals surface area (Å²) in [6, 6.07) is 3.44. The van der Waals surface area contributed by atoms with Crippen LogP contribution in [-0.2, 0) is 0 Å². The maximum absolute atomic E-state index is 9.18. The van der Waals surface area contributed by atoms with E-state index in [9.17, 15) is 5.11 Å². The van der Waals surface area contributed by atoms with E-state index in [4.69, 9.17) is 0 Å². The smallest absolute Gasteiger partial charge is 0.212 e. The molecule has 2 heterocycles. The highest BCUT2D eigenvalue weighted by atomic mass is 31.1. The lowest BCUT2D eigenvalue weighted by Gasteiger charge is -1.95. The molecule has 72 valence electrons. The number of rotatable bonds is 2. The molecule has 1 atom stereocenters. The van der Waals surface area contributed by atoms with Gasteiger partial charge in [0.1, 0.15) is 0 Å². The van der Waals surface area contributed by atoms with E-state index < -0.39 is 0 Å². The fourth-order valence-electron chi connectivity index (χ4n) is 1.36. The fourth-order valence-corrected chi connectivity index (χ4v) is 2.52. The Bertz CT molecular complexity index is 478. The van der Waals surface area contributed by atoms with Crippen LogP contribution in [0.2, 0.25) is 0 Å². The average Bonchev–Trinajstić information content (AvgIpc) is 2.84. The first-order valence-electron chi connectivity index (χ1n) is 4.63. The topological polar surface area (TPSA) is 50.9 Å². The van der Waals surface area contributed by atoms with Gasteiger partial charge in [0.25, 0.3) is 0 Å². The standard InChI is InChI=1S/C9H10N3OP/c13-8-4-1-6-5-12(11-9(6)10-8)14-7-2-3-7/h1,4-5,7,14H,2-3H2,(H,10,11,13). The minimum absolute atomic E-state index is 0.0394. The van der Waals surface area contributed by atoms with Gasteiger partial charge in [0.05, 0.1) is 0 Å². The Labute approximate surface area is 82.8 Å². The molecule has 0 aromatic carbocycles. The molecule has 0 amide bonds. The van der Waals surface area contributed by atoms with Crippen molar-refractivity contribution in [2.75, 3.05) is 0 Å². The number of pyridine rings is 1. The van der Waals surface area contributed by atoms with Crippen molar-refractivity contribution in [3.63, 3.8) is 0 Å². The molecule has 3 rings (SSSR count). The summed E-state index contributed by atoms with van der Waals surface area (Å²) in [4.78, 5) is 3.95. The SMILES string of the molecule is Oc1ccc2cn(PC3CC3)nc2n1. The highest BCUT2D eigenvalue weighted by molar-refractivity contribution is 7.37. The third-order valence-corrected chi connectivity index (χ3v) is 3.68. The summed E-state index contributed by atoms with van der Waals surface area (Å²) < 4.78 is 1.95. The first kappa shape index (κ1) is 8.18. The molecule has 0 bridgehead atoms. The van der Waals surface area contributed by atoms with Crippen LogP contribution >= 0.6 is 8.73 Å². The summed E-state index contributed by atoms with van der Waals surface area (Å²) in [5.74, 6) is 0.0394. The summed E-state index contributed by atoms with van der Waals surface area (Å²) in [6.45, 7) is 0. The van der Waals surface area contributed by atoms with Gasteiger partial charge in [-0.15, -0.1) is 5.10 Å². The Balaban J connectivity index is 2.01. The molecule has 1 fully saturated rings. The second-order valence-corrected chi connectivity index (χ2v) is 5.09. The molecule has 1 aliphatic carbocycles. The Hall–Kier alpha value is -1.15. The maximum atomic E-state index is 9.18. The molecule has 1 N–H and O–H groups in total. The van der Waals surface area contributed by atoms with Crippen molar-refractivity contribution in [1.82, 2.24) is 14.5 Å². The summed E-state index contributed by atoms with van der Waals surface area (Å²) in [6.07, 6.45) is 4.65. The van der Waals surface area contributed by atoms with Crippen LogP contribution < -0.4 is 0 Å². The highest BCUT2D eigenvalue weighted by Crippen LogP contribution is 2.39. The van der Waals surface area contributed by atoms with E-state index in [0.29, 0.717) is 5.65 Å². The van der Waals surface area contributed by atoms with E-state index in [1.807, 2.05) is 16.7 Å². The van der Waals surface area contributed by atoms with Crippen LogP contribution in [-0.4, -0.2) is 25.3 Å². The lowest BCUT2D eigenvalue weighted by Crippen LogP contribution is -1.85. The predicted octanol–water partition coefficient (Wildman–Crippen LogP) is 1.74. The number of hydrogen-bond donors (Lipinski definition) is 1. The van der Waals surface area contributed by atoms with Crippen LogP contribution in [0.15, 0.2) is 18.3 Å². The van der Waals surface area contributed by atoms with Gasteiger partial charge in [0.2, 0.25) is 5.88 Å². The normalized spacial score (nSPS) is 17.1. The van der Waals surface area contributed by atoms with E-state index in [1.54, 1.807) is 6.07 Å². The van der Waals surface area contributed by atoms with E-state index in [1.165, 1.54) is 12.8 Å². The van der Waals surface area contributed by atoms with Crippen molar-refractivity contribution in [1.29, 1.82) is 0 Å². The van der Waals surface area contributed by atoms with Gasteiger partial charge in [-0.05, 0) is 24.6 Å². The second-order valence-electron chi connectivity index (χ2n) is 3.56. The van der Waals surface area contributed by atoms with E-state index in [2.05, 4.69) is 10.1 Å². The zero-order valence-electron chi connectivity index (χ0n) is 7.51. The molecule has 14 heavy (non-hydrogen) atoms. The Morgan fingerprint density at radius 2 is 2.29 bits per heavy atom. The zero-order chi connectivity index (χ0) is 9.54. The highest BCUT2D eigenvalue weighted by Gasteiger charge is 2.22. The number of fused-ring (bicyclic) bond motifs is 1. The summed E-state index contributed by atoms with van der Waals surface area (Å²) in [5, 5.41) is 14.5. The van der Waals surface area contributed by atoms with Crippen molar-refractivity contribution in [3.8, 4) is 5.88 Å². The van der Waals surface area contributed by atoms with E-state index >= 15 is 0 Å². The number of aromatic nitrogens is 3. The quantitative estimate of drug-likeness (QED) is 0.763. The van der Waals surface area contributed by atoms with Gasteiger partial charge in [0.15, 0.2) is 5.65 Å². The van der Waals surface area contributed by atoms with Crippen molar-refractivity contribution in [2.45, 2.75) is 18.5 Å². The molecular formula is C9H10N3OP. The zero-order valence-corrected chi connectivity index (χ0v) is 8.51. The minimum Gasteiger partial charge on any atom is -0.493 e. The van der Waals surface area contributed by atoms with Gasteiger partial charge in [-0.25, -0.2) is 0 Å². The molecule has 0 saturated heterocycles. The first-order valence-corrected chi connectivity index (χ1v) is 5.66. The molecule has 2 aromatic rings. The van der Waals surface area contributed by atoms with Crippen molar-refractivity contribution < 1.29 is 5.11 Å². The van der Waals surface area contributed by atoms with Crippen LogP contribution in [0.1, 0.15) is 12.8 Å². The van der Waals surface area contributed by atoms with Crippen molar-refractivity contribution >= 4 is 19.8 Å². The maximum Gasteiger partial charge on any atom is 0.212 e. The number of hydrogen-bond acceptors (Lipinski definition) is 3. The van der Waals surface area contributed by atoms with Crippen LogP contribution in [0.4, 0.5) is 0 Å². The third-order valence-electron chi connectivity index (χ3n) is 2.25. The van der Waals surface area contributed by atoms with Crippen LogP contribution in [0.5, 0.6) is 5.88 Å². The molecule has 0 aliphatic heterocycles. The lowest BCUT2D eigenvalue weighted by molar-refractivity contribution is 0.455. The molecule has 4 nitrogen and oxygen atoms in total. The molecular weight excluding hydrogens is 197 g/mol. The molecule has 1 aliphatic rings. The van der Waals surface area contributed by atoms with Crippen LogP contribution in [0, 0.1) is 0 Å². The van der Waals surface area contributed by atoms with Crippen LogP contribution in [0.3, 0.4) is 0 Å². The van der Waals surface area contributed by atoms with Gasteiger partial charge in [-0.3, -0.25) is 4.45 Å². The van der Waals surface area contributed by atoms with Gasteiger partial charge in [-0.2, -0.15) is 4.98 Å². The average molecular weight is 207 g/mol. The fraction of sp³-hybridized carbons (Fsp3) is 0.333.